The summed E-state index contributed by atoms with van der Waals surface area (Å²) in [5.41, 5.74) is -4.40. The SMILES string of the molecule is CCCNC(=O)CNC(=O)COC(=O)c1ccc(SC(F)(F)F)cc1. The van der Waals surface area contributed by atoms with Crippen LogP contribution in [0.25, 0.3) is 0 Å². The Hall–Kier alpha value is -2.23. The highest BCUT2D eigenvalue weighted by Crippen LogP contribution is 2.36. The van der Waals surface area contributed by atoms with Crippen LogP contribution in [0.2, 0.25) is 0 Å². The Bertz CT molecular complexity index is 606. The summed E-state index contributed by atoms with van der Waals surface area (Å²) in [6, 6.07) is 4.61. The van der Waals surface area contributed by atoms with Crippen molar-refractivity contribution in [1.29, 1.82) is 0 Å². The van der Waals surface area contributed by atoms with E-state index in [1.54, 1.807) is 0 Å². The molecule has 0 aromatic heterocycles. The summed E-state index contributed by atoms with van der Waals surface area (Å²) in [7, 11) is 0. The Balaban J connectivity index is 2.38. The standard InChI is InChI=1S/C15H17F3N2O4S/c1-2-7-19-12(21)8-20-13(22)9-24-14(23)10-3-5-11(6-4-10)25-15(16,17)18/h3-6H,2,7-9H2,1H3,(H,19,21)(H,20,22). The Morgan fingerprint density at radius 2 is 1.72 bits per heavy atom. The third-order valence-electron chi connectivity index (χ3n) is 2.68. The molecule has 6 nitrogen and oxygen atoms in total. The van der Waals surface area contributed by atoms with Crippen LogP contribution in [0.1, 0.15) is 23.7 Å². The van der Waals surface area contributed by atoms with E-state index in [1.165, 1.54) is 12.1 Å². The molecule has 1 aromatic rings. The average molecular weight is 378 g/mol. The normalized spacial score (nSPS) is 10.9. The molecule has 0 aliphatic carbocycles. The van der Waals surface area contributed by atoms with Crippen molar-refractivity contribution in [2.45, 2.75) is 23.7 Å². The summed E-state index contributed by atoms with van der Waals surface area (Å²) in [6.45, 7) is 1.54. The van der Waals surface area contributed by atoms with Crippen LogP contribution in [0.3, 0.4) is 0 Å². The van der Waals surface area contributed by atoms with E-state index in [0.717, 1.165) is 18.6 Å². The second-order valence-corrected chi connectivity index (χ2v) is 5.91. The third-order valence-corrected chi connectivity index (χ3v) is 3.42. The van der Waals surface area contributed by atoms with Gasteiger partial charge in [0.1, 0.15) is 0 Å². The van der Waals surface area contributed by atoms with Crippen molar-refractivity contribution in [2.75, 3.05) is 19.7 Å². The van der Waals surface area contributed by atoms with Crippen molar-refractivity contribution in [3.05, 3.63) is 29.8 Å². The molecular weight excluding hydrogens is 361 g/mol. The number of alkyl halides is 3. The van der Waals surface area contributed by atoms with Crippen LogP contribution in [0.15, 0.2) is 29.2 Å². The first-order valence-corrected chi connectivity index (χ1v) is 8.09. The molecule has 0 bridgehead atoms. The predicted octanol–water partition coefficient (Wildman–Crippen LogP) is 2.10. The summed E-state index contributed by atoms with van der Waals surface area (Å²) in [5.74, 6) is -1.88. The molecule has 0 radical (unpaired) electrons. The lowest BCUT2D eigenvalue weighted by atomic mass is 10.2. The first kappa shape index (κ1) is 20.8. The van der Waals surface area contributed by atoms with E-state index in [2.05, 4.69) is 10.6 Å². The van der Waals surface area contributed by atoms with E-state index in [1.807, 2.05) is 6.92 Å². The first-order chi connectivity index (χ1) is 11.7. The van der Waals surface area contributed by atoms with Crippen LogP contribution in [0, 0.1) is 0 Å². The van der Waals surface area contributed by atoms with Crippen LogP contribution >= 0.6 is 11.8 Å². The van der Waals surface area contributed by atoms with Gasteiger partial charge >= 0.3 is 11.5 Å². The average Bonchev–Trinajstić information content (AvgIpc) is 2.55. The lowest BCUT2D eigenvalue weighted by Gasteiger charge is -2.08. The molecule has 2 amide bonds. The number of hydrogen-bond acceptors (Lipinski definition) is 5. The van der Waals surface area contributed by atoms with E-state index in [4.69, 9.17) is 4.74 Å². The van der Waals surface area contributed by atoms with Crippen molar-refractivity contribution in [2.24, 2.45) is 0 Å². The minimum atomic E-state index is -4.41. The van der Waals surface area contributed by atoms with Crippen molar-refractivity contribution < 1.29 is 32.3 Å². The lowest BCUT2D eigenvalue weighted by Crippen LogP contribution is -2.38. The third kappa shape index (κ3) is 8.99. The largest absolute Gasteiger partial charge is 0.452 e. The van der Waals surface area contributed by atoms with Gasteiger partial charge in [0.2, 0.25) is 5.91 Å². The maximum absolute atomic E-state index is 12.2. The fraction of sp³-hybridized carbons (Fsp3) is 0.400. The topological polar surface area (TPSA) is 84.5 Å². The highest BCUT2D eigenvalue weighted by atomic mass is 32.2. The van der Waals surface area contributed by atoms with Crippen molar-refractivity contribution in [3.8, 4) is 0 Å². The van der Waals surface area contributed by atoms with Gasteiger partial charge in [-0.3, -0.25) is 9.59 Å². The van der Waals surface area contributed by atoms with Gasteiger partial charge in [-0.1, -0.05) is 6.92 Å². The van der Waals surface area contributed by atoms with Gasteiger partial charge in [-0.25, -0.2) is 4.79 Å². The zero-order chi connectivity index (χ0) is 18.9. The molecule has 1 rings (SSSR count). The highest BCUT2D eigenvalue weighted by molar-refractivity contribution is 8.00. The maximum atomic E-state index is 12.2. The van der Waals surface area contributed by atoms with Gasteiger partial charge in [0.05, 0.1) is 12.1 Å². The predicted molar refractivity (Wildman–Crippen MR) is 84.9 cm³/mol. The molecule has 0 atom stereocenters. The van der Waals surface area contributed by atoms with E-state index in [0.29, 0.717) is 6.54 Å². The summed E-state index contributed by atoms with van der Waals surface area (Å²) >= 11 is -0.300. The number of esters is 1. The lowest BCUT2D eigenvalue weighted by molar-refractivity contribution is -0.127. The molecule has 0 unspecified atom stereocenters. The smallest absolute Gasteiger partial charge is 0.446 e. The molecule has 0 saturated carbocycles. The van der Waals surface area contributed by atoms with Crippen LogP contribution in [-0.4, -0.2) is 43.0 Å². The second kappa shape index (κ2) is 9.92. The van der Waals surface area contributed by atoms with Crippen LogP contribution in [0.5, 0.6) is 0 Å². The van der Waals surface area contributed by atoms with Gasteiger partial charge in [-0.05, 0) is 42.4 Å². The first-order valence-electron chi connectivity index (χ1n) is 7.27. The van der Waals surface area contributed by atoms with E-state index < -0.39 is 24.0 Å². The molecule has 2 N–H and O–H groups in total. The Labute approximate surface area is 146 Å². The number of carbonyl (C=O) groups is 3. The molecule has 10 heteroatoms. The summed E-state index contributed by atoms with van der Waals surface area (Å²) in [4.78, 5) is 34.4. The van der Waals surface area contributed by atoms with E-state index in [9.17, 15) is 27.6 Å². The second-order valence-electron chi connectivity index (χ2n) is 4.77. The fourth-order valence-electron chi connectivity index (χ4n) is 1.56. The van der Waals surface area contributed by atoms with Gasteiger partial charge in [0.15, 0.2) is 6.61 Å². The van der Waals surface area contributed by atoms with Crippen molar-refractivity contribution >= 4 is 29.5 Å². The van der Waals surface area contributed by atoms with Crippen LogP contribution < -0.4 is 10.6 Å². The Morgan fingerprint density at radius 3 is 2.28 bits per heavy atom. The molecule has 138 valence electrons. The Morgan fingerprint density at radius 1 is 1.08 bits per heavy atom. The van der Waals surface area contributed by atoms with Gasteiger partial charge in [0.25, 0.3) is 5.91 Å². The summed E-state index contributed by atoms with van der Waals surface area (Å²) in [6.07, 6.45) is 0.761. The molecule has 0 saturated heterocycles. The van der Waals surface area contributed by atoms with Gasteiger partial charge < -0.3 is 15.4 Å². The molecular formula is C15H17F3N2O4S. The molecule has 1 aromatic carbocycles. The molecule has 0 heterocycles. The van der Waals surface area contributed by atoms with E-state index >= 15 is 0 Å². The molecule has 25 heavy (non-hydrogen) atoms. The fourth-order valence-corrected chi connectivity index (χ4v) is 2.10. The highest BCUT2D eigenvalue weighted by Gasteiger charge is 2.29. The summed E-state index contributed by atoms with van der Waals surface area (Å²) < 4.78 is 41.4. The number of hydrogen-bond donors (Lipinski definition) is 2. The van der Waals surface area contributed by atoms with Crippen LogP contribution in [-0.2, 0) is 14.3 Å². The molecule has 0 spiro atoms. The zero-order valence-corrected chi connectivity index (χ0v) is 14.1. The number of nitrogens with one attached hydrogen (secondary N) is 2. The minimum Gasteiger partial charge on any atom is -0.452 e. The number of rotatable bonds is 8. The zero-order valence-electron chi connectivity index (χ0n) is 13.3. The van der Waals surface area contributed by atoms with Gasteiger partial charge in [-0.15, -0.1) is 0 Å². The number of ether oxygens (including phenoxy) is 1. The van der Waals surface area contributed by atoms with E-state index in [-0.39, 0.29) is 34.7 Å². The van der Waals surface area contributed by atoms with Gasteiger partial charge in [-0.2, -0.15) is 13.2 Å². The van der Waals surface area contributed by atoms with Crippen molar-refractivity contribution in [1.82, 2.24) is 10.6 Å². The number of carbonyl (C=O) groups excluding carboxylic acids is 3. The number of halogens is 3. The molecule has 0 aliphatic rings. The summed E-state index contributed by atoms with van der Waals surface area (Å²) in [5, 5.41) is 4.83. The van der Waals surface area contributed by atoms with Gasteiger partial charge in [0, 0.05) is 11.4 Å². The Kier molecular flexibility index (Phi) is 8.26. The monoisotopic (exact) mass is 378 g/mol. The quantitative estimate of drug-likeness (QED) is 0.535. The maximum Gasteiger partial charge on any atom is 0.446 e. The number of benzene rings is 1. The minimum absolute atomic E-state index is 0.0139. The number of thioether (sulfide) groups is 1. The molecule has 0 aliphatic heterocycles. The number of amides is 2. The molecule has 0 fully saturated rings. The van der Waals surface area contributed by atoms with Crippen LogP contribution in [0.4, 0.5) is 13.2 Å². The van der Waals surface area contributed by atoms with Crippen molar-refractivity contribution in [3.63, 3.8) is 0 Å².